The van der Waals surface area contributed by atoms with Crippen LogP contribution in [0.2, 0.25) is 0 Å². The summed E-state index contributed by atoms with van der Waals surface area (Å²) < 4.78 is 11.8. The van der Waals surface area contributed by atoms with E-state index in [4.69, 9.17) is 0 Å². The Balaban J connectivity index is 2.16. The normalized spacial score (nSPS) is 17.7. The van der Waals surface area contributed by atoms with E-state index in [-0.39, 0.29) is 0 Å². The van der Waals surface area contributed by atoms with E-state index in [0.717, 1.165) is 32.1 Å². The highest BCUT2D eigenvalue weighted by Crippen LogP contribution is 2.37. The first-order chi connectivity index (χ1) is 7.70. The Morgan fingerprint density at radius 2 is 2.06 bits per heavy atom. The van der Waals surface area contributed by atoms with Gasteiger partial charge in [-0.1, -0.05) is 31.4 Å². The molecule has 0 saturated heterocycles. The maximum atomic E-state index is 11.8. The van der Waals surface area contributed by atoms with Crippen molar-refractivity contribution in [3.05, 3.63) is 16.6 Å². The molecule has 1 aliphatic carbocycles. The van der Waals surface area contributed by atoms with Gasteiger partial charge in [0.25, 0.3) is 0 Å². The van der Waals surface area contributed by atoms with Crippen LogP contribution >= 0.6 is 7.59 Å². The van der Waals surface area contributed by atoms with E-state index in [1.807, 2.05) is 0 Å². The molecule has 0 spiro atoms. The molecule has 0 saturated carbocycles. The summed E-state index contributed by atoms with van der Waals surface area (Å²) >= 11 is 0. The van der Waals surface area contributed by atoms with Gasteiger partial charge in [-0.15, -0.1) is 4.91 Å². The molecule has 0 aromatic heterocycles. The van der Waals surface area contributed by atoms with E-state index >= 15 is 0 Å². The highest BCUT2D eigenvalue weighted by molar-refractivity contribution is 7.58. The number of allylic oxidation sites excluding steroid dienone is 1. The summed E-state index contributed by atoms with van der Waals surface area (Å²) in [5, 5.41) is 5.44. The summed E-state index contributed by atoms with van der Waals surface area (Å²) in [5.41, 5.74) is 1.36. The van der Waals surface area contributed by atoms with Crippen molar-refractivity contribution in [1.29, 1.82) is 0 Å². The zero-order valence-electron chi connectivity index (χ0n) is 9.74. The van der Waals surface area contributed by atoms with Gasteiger partial charge in [-0.3, -0.25) is 4.57 Å². The third-order valence-corrected chi connectivity index (χ3v) is 4.02. The monoisotopic (exact) mass is 245 g/mol. The predicted molar refractivity (Wildman–Crippen MR) is 66.2 cm³/mol. The highest BCUT2D eigenvalue weighted by Gasteiger charge is 2.21. The minimum Gasteiger partial charge on any atom is -0.259 e. The fraction of sp³-hybridized carbons (Fsp3) is 0.800. The maximum absolute atomic E-state index is 11.8. The SMILES string of the molecule is CCCCCNP(=O)(N=O)NCCC1=CC1. The minimum absolute atomic E-state index is 0.551. The Kier molecular flexibility index (Phi) is 5.88. The van der Waals surface area contributed by atoms with Crippen LogP contribution in [0.5, 0.6) is 0 Å². The average molecular weight is 245 g/mol. The van der Waals surface area contributed by atoms with Gasteiger partial charge in [0.2, 0.25) is 0 Å². The number of nitrogens with zero attached hydrogens (tertiary/aromatic N) is 1. The second-order valence-corrected chi connectivity index (χ2v) is 5.95. The molecule has 2 N–H and O–H groups in total. The minimum atomic E-state index is -3.23. The van der Waals surface area contributed by atoms with Gasteiger partial charge in [0.15, 0.2) is 0 Å². The molecule has 1 atom stereocenters. The Hall–Kier alpha value is -0.510. The van der Waals surface area contributed by atoms with Crippen LogP contribution in [0.15, 0.2) is 16.6 Å². The quantitative estimate of drug-likeness (QED) is 0.269. The fourth-order valence-electron chi connectivity index (χ4n) is 1.36. The van der Waals surface area contributed by atoms with Crippen LogP contribution in [0, 0.1) is 4.91 Å². The van der Waals surface area contributed by atoms with Crippen LogP contribution in [0.1, 0.15) is 39.0 Å². The summed E-state index contributed by atoms with van der Waals surface area (Å²) in [4.78, 5) is 13.2. The molecule has 0 fully saturated rings. The van der Waals surface area contributed by atoms with Crippen LogP contribution in [-0.2, 0) is 4.57 Å². The highest BCUT2D eigenvalue weighted by atomic mass is 31.2. The molecule has 92 valence electrons. The Bertz CT molecular complexity index is 304. The van der Waals surface area contributed by atoms with E-state index in [0.29, 0.717) is 13.1 Å². The van der Waals surface area contributed by atoms with Crippen LogP contribution in [-0.4, -0.2) is 13.1 Å². The molecule has 0 aromatic rings. The number of rotatable bonds is 10. The third kappa shape index (κ3) is 5.54. The first kappa shape index (κ1) is 13.6. The van der Waals surface area contributed by atoms with Gasteiger partial charge >= 0.3 is 7.59 Å². The van der Waals surface area contributed by atoms with E-state index in [9.17, 15) is 9.47 Å². The zero-order chi connectivity index (χ0) is 11.9. The molecule has 0 aromatic carbocycles. The van der Waals surface area contributed by atoms with Gasteiger partial charge in [-0.2, -0.15) is 0 Å². The van der Waals surface area contributed by atoms with Crippen molar-refractivity contribution >= 4 is 7.59 Å². The van der Waals surface area contributed by atoms with E-state index < -0.39 is 7.59 Å². The van der Waals surface area contributed by atoms with Crippen molar-refractivity contribution in [2.75, 3.05) is 13.1 Å². The van der Waals surface area contributed by atoms with Crippen molar-refractivity contribution in [1.82, 2.24) is 10.2 Å². The number of nitroso groups, excluding NO2 is 1. The second kappa shape index (κ2) is 6.94. The van der Waals surface area contributed by atoms with Gasteiger partial charge in [-0.05, 0) is 19.3 Å². The summed E-state index contributed by atoms with van der Waals surface area (Å²) in [6.07, 6.45) is 7.12. The predicted octanol–water partition coefficient (Wildman–Crippen LogP) is 2.95. The van der Waals surface area contributed by atoms with E-state index in [1.54, 1.807) is 0 Å². The fourth-order valence-corrected chi connectivity index (χ4v) is 2.47. The molecule has 0 amide bonds. The van der Waals surface area contributed by atoms with Crippen molar-refractivity contribution in [3.63, 3.8) is 0 Å². The standard InChI is InChI=1S/C10H20N3O2P/c1-2-3-4-8-11-16(15,13-14)12-9-7-10-5-6-10/h5H,2-4,6-9H2,1H3,(H2,11,12,15). The average Bonchev–Trinajstić information content (AvgIpc) is 3.09. The molecule has 5 nitrogen and oxygen atoms in total. The van der Waals surface area contributed by atoms with Crippen LogP contribution in [0.3, 0.4) is 0 Å². The van der Waals surface area contributed by atoms with Crippen LogP contribution in [0.25, 0.3) is 0 Å². The molecule has 0 heterocycles. The molecule has 16 heavy (non-hydrogen) atoms. The number of hydrogen-bond donors (Lipinski definition) is 2. The molecule has 1 rings (SSSR count). The van der Waals surface area contributed by atoms with Gasteiger partial charge in [0.05, 0.1) is 0 Å². The Morgan fingerprint density at radius 1 is 1.38 bits per heavy atom. The molecule has 0 aliphatic heterocycles. The van der Waals surface area contributed by atoms with Crippen molar-refractivity contribution in [2.24, 2.45) is 4.95 Å². The Labute approximate surface area is 96.6 Å². The van der Waals surface area contributed by atoms with E-state index in [1.165, 1.54) is 5.57 Å². The number of unbranched alkanes of at least 4 members (excludes halogenated alkanes) is 2. The van der Waals surface area contributed by atoms with Gasteiger partial charge < -0.3 is 0 Å². The molecule has 6 heteroatoms. The second-order valence-electron chi connectivity index (χ2n) is 4.00. The van der Waals surface area contributed by atoms with Crippen molar-refractivity contribution in [2.45, 2.75) is 39.0 Å². The summed E-state index contributed by atoms with van der Waals surface area (Å²) in [6, 6.07) is 0. The molecule has 1 aliphatic rings. The lowest BCUT2D eigenvalue weighted by Crippen LogP contribution is -2.22. The topological polar surface area (TPSA) is 70.6 Å². The van der Waals surface area contributed by atoms with Crippen LogP contribution in [0.4, 0.5) is 0 Å². The number of hydrogen-bond acceptors (Lipinski definition) is 2. The third-order valence-electron chi connectivity index (χ3n) is 2.49. The first-order valence-corrected chi connectivity index (χ1v) is 7.49. The smallest absolute Gasteiger partial charge is 0.259 e. The summed E-state index contributed by atoms with van der Waals surface area (Å²) in [6.45, 7) is 3.22. The lowest BCUT2D eigenvalue weighted by atomic mass is 10.3. The molecule has 0 radical (unpaired) electrons. The lowest BCUT2D eigenvalue weighted by molar-refractivity contribution is 0.549. The lowest BCUT2D eigenvalue weighted by Gasteiger charge is -2.12. The summed E-state index contributed by atoms with van der Waals surface area (Å²) in [7, 11) is -3.23. The summed E-state index contributed by atoms with van der Waals surface area (Å²) in [5.74, 6) is 0. The van der Waals surface area contributed by atoms with Gasteiger partial charge in [0.1, 0.15) is 0 Å². The molecular weight excluding hydrogens is 225 g/mol. The van der Waals surface area contributed by atoms with Gasteiger partial charge in [0, 0.05) is 18.0 Å². The van der Waals surface area contributed by atoms with Crippen LogP contribution < -0.4 is 10.2 Å². The molecular formula is C10H20N3O2P. The van der Waals surface area contributed by atoms with Gasteiger partial charge in [-0.25, -0.2) is 10.2 Å². The first-order valence-electron chi connectivity index (χ1n) is 5.83. The number of nitrogens with one attached hydrogen (secondary N) is 2. The maximum Gasteiger partial charge on any atom is 0.362 e. The molecule has 0 bridgehead atoms. The zero-order valence-corrected chi connectivity index (χ0v) is 10.6. The van der Waals surface area contributed by atoms with E-state index in [2.05, 4.69) is 28.1 Å². The van der Waals surface area contributed by atoms with Crippen molar-refractivity contribution in [3.8, 4) is 0 Å². The van der Waals surface area contributed by atoms with Crippen molar-refractivity contribution < 1.29 is 4.57 Å². The largest absolute Gasteiger partial charge is 0.362 e. The Morgan fingerprint density at radius 3 is 2.62 bits per heavy atom. The molecule has 1 unspecified atom stereocenters.